The quantitative estimate of drug-likeness (QED) is 0.648. The highest BCUT2D eigenvalue weighted by Gasteiger charge is 2.30. The Kier molecular flexibility index (Phi) is 6.88. The molecule has 0 aromatic heterocycles. The highest BCUT2D eigenvalue weighted by molar-refractivity contribution is 5.79. The van der Waals surface area contributed by atoms with Gasteiger partial charge >= 0.3 is 6.18 Å². The minimum absolute atomic E-state index is 0.393. The van der Waals surface area contributed by atoms with E-state index >= 15 is 0 Å². The van der Waals surface area contributed by atoms with Gasteiger partial charge in [-0.1, -0.05) is 12.1 Å². The van der Waals surface area contributed by atoms with E-state index in [0.29, 0.717) is 12.6 Å². The number of benzene rings is 1. The van der Waals surface area contributed by atoms with Gasteiger partial charge in [-0.2, -0.15) is 13.2 Å². The molecule has 26 heavy (non-hydrogen) atoms. The molecule has 1 atom stereocenters. The van der Waals surface area contributed by atoms with Crippen LogP contribution in [0.1, 0.15) is 11.1 Å². The third-order valence-electron chi connectivity index (χ3n) is 4.75. The van der Waals surface area contributed by atoms with Gasteiger partial charge in [-0.25, -0.2) is 0 Å². The summed E-state index contributed by atoms with van der Waals surface area (Å²) in [7, 11) is 7.82. The van der Waals surface area contributed by atoms with Crippen LogP contribution in [0.15, 0.2) is 29.3 Å². The van der Waals surface area contributed by atoms with E-state index in [1.165, 1.54) is 12.1 Å². The highest BCUT2D eigenvalue weighted by atomic mass is 19.4. The van der Waals surface area contributed by atoms with Crippen LogP contribution in [-0.4, -0.2) is 81.1 Å². The van der Waals surface area contributed by atoms with Gasteiger partial charge in [0, 0.05) is 52.9 Å². The lowest BCUT2D eigenvalue weighted by Crippen LogP contribution is -2.55. The van der Waals surface area contributed by atoms with Crippen molar-refractivity contribution >= 4 is 5.96 Å². The second-order valence-corrected chi connectivity index (χ2v) is 6.88. The lowest BCUT2D eigenvalue weighted by atomic mass is 10.1. The van der Waals surface area contributed by atoms with E-state index in [4.69, 9.17) is 0 Å². The minimum Gasteiger partial charge on any atom is -0.355 e. The van der Waals surface area contributed by atoms with Gasteiger partial charge in [0.2, 0.25) is 0 Å². The second-order valence-electron chi connectivity index (χ2n) is 6.88. The molecule has 0 radical (unpaired) electrons. The van der Waals surface area contributed by atoms with Crippen LogP contribution in [0, 0.1) is 0 Å². The molecule has 0 bridgehead atoms. The van der Waals surface area contributed by atoms with Crippen LogP contribution in [-0.2, 0) is 12.7 Å². The van der Waals surface area contributed by atoms with Gasteiger partial charge in [0.25, 0.3) is 0 Å². The van der Waals surface area contributed by atoms with Crippen molar-refractivity contribution in [2.45, 2.75) is 18.8 Å². The maximum atomic E-state index is 12.7. The molecule has 2 rings (SSSR count). The Bertz CT molecular complexity index is 600. The Morgan fingerprint density at radius 2 is 1.88 bits per heavy atom. The lowest BCUT2D eigenvalue weighted by Gasteiger charge is -2.38. The van der Waals surface area contributed by atoms with E-state index in [9.17, 15) is 13.2 Å². The average molecular weight is 371 g/mol. The van der Waals surface area contributed by atoms with Crippen molar-refractivity contribution in [3.05, 3.63) is 35.4 Å². The summed E-state index contributed by atoms with van der Waals surface area (Å²) in [5.41, 5.74) is 0.175. The third kappa shape index (κ3) is 5.60. The Morgan fingerprint density at radius 1 is 1.23 bits per heavy atom. The first-order valence-corrected chi connectivity index (χ1v) is 8.67. The van der Waals surface area contributed by atoms with Crippen molar-refractivity contribution < 1.29 is 13.2 Å². The Balaban J connectivity index is 1.91. The number of halogens is 3. The first-order chi connectivity index (χ1) is 12.2. The molecule has 1 aliphatic heterocycles. The number of nitrogens with zero attached hydrogens (tertiary/aromatic N) is 4. The summed E-state index contributed by atoms with van der Waals surface area (Å²) in [6, 6.07) is 5.65. The van der Waals surface area contributed by atoms with Crippen LogP contribution >= 0.6 is 0 Å². The van der Waals surface area contributed by atoms with Gasteiger partial charge in [-0.15, -0.1) is 0 Å². The van der Waals surface area contributed by atoms with Gasteiger partial charge in [0.05, 0.1) is 5.56 Å². The fourth-order valence-electron chi connectivity index (χ4n) is 3.06. The fraction of sp³-hybridized carbons (Fsp3) is 0.611. The lowest BCUT2D eigenvalue weighted by molar-refractivity contribution is -0.137. The van der Waals surface area contributed by atoms with E-state index in [1.807, 2.05) is 11.9 Å². The second kappa shape index (κ2) is 8.73. The molecular formula is C18H28F3N5. The van der Waals surface area contributed by atoms with Crippen molar-refractivity contribution in [1.82, 2.24) is 20.0 Å². The van der Waals surface area contributed by atoms with Crippen molar-refractivity contribution in [2.75, 3.05) is 54.4 Å². The van der Waals surface area contributed by atoms with Gasteiger partial charge in [0.1, 0.15) is 0 Å². The van der Waals surface area contributed by atoms with Crippen LogP contribution in [0.2, 0.25) is 0 Å². The first kappa shape index (κ1) is 20.5. The monoisotopic (exact) mass is 371 g/mol. The number of guanidine groups is 1. The number of aliphatic imine (C=N–C) groups is 1. The molecule has 0 amide bonds. The zero-order valence-corrected chi connectivity index (χ0v) is 15.8. The molecule has 0 aliphatic carbocycles. The molecule has 1 fully saturated rings. The molecule has 1 aromatic carbocycles. The minimum atomic E-state index is -4.30. The van der Waals surface area contributed by atoms with Crippen LogP contribution in [0.5, 0.6) is 0 Å². The first-order valence-electron chi connectivity index (χ1n) is 8.67. The summed E-state index contributed by atoms with van der Waals surface area (Å²) >= 11 is 0. The molecule has 1 heterocycles. The highest BCUT2D eigenvalue weighted by Crippen LogP contribution is 2.29. The molecule has 0 spiro atoms. The molecule has 1 aromatic rings. The molecule has 1 N–H and O–H groups in total. The zero-order valence-electron chi connectivity index (χ0n) is 15.8. The number of alkyl halides is 3. The van der Waals surface area contributed by atoms with E-state index < -0.39 is 11.7 Å². The fourth-order valence-corrected chi connectivity index (χ4v) is 3.06. The standard InChI is InChI=1S/C18H28F3N5/c1-22-17(23-11-16-13-24(2)9-10-25(16)3)26(4)12-14-5-7-15(8-6-14)18(19,20)21/h5-8,16H,9-13H2,1-4H3,(H,22,23). The summed E-state index contributed by atoms with van der Waals surface area (Å²) in [5, 5.41) is 3.37. The topological polar surface area (TPSA) is 34.1 Å². The third-order valence-corrected chi connectivity index (χ3v) is 4.75. The Labute approximate surface area is 153 Å². The summed E-state index contributed by atoms with van der Waals surface area (Å²) in [6.45, 7) is 4.34. The van der Waals surface area contributed by atoms with E-state index in [0.717, 1.165) is 49.8 Å². The predicted octanol–water partition coefficient (Wildman–Crippen LogP) is 1.96. The van der Waals surface area contributed by atoms with Crippen molar-refractivity contribution in [3.8, 4) is 0 Å². The van der Waals surface area contributed by atoms with Crippen LogP contribution in [0.3, 0.4) is 0 Å². The van der Waals surface area contributed by atoms with Crippen molar-refractivity contribution in [3.63, 3.8) is 0 Å². The van der Waals surface area contributed by atoms with Crippen LogP contribution in [0.4, 0.5) is 13.2 Å². The molecular weight excluding hydrogens is 343 g/mol. The molecule has 146 valence electrons. The molecule has 1 saturated heterocycles. The number of hydrogen-bond acceptors (Lipinski definition) is 3. The van der Waals surface area contributed by atoms with Crippen molar-refractivity contribution in [2.24, 2.45) is 4.99 Å². The molecule has 1 unspecified atom stereocenters. The average Bonchev–Trinajstić information content (AvgIpc) is 2.58. The van der Waals surface area contributed by atoms with Gasteiger partial charge < -0.3 is 15.1 Å². The van der Waals surface area contributed by atoms with Gasteiger partial charge in [-0.3, -0.25) is 9.89 Å². The summed E-state index contributed by atoms with van der Waals surface area (Å²) in [5.74, 6) is 0.728. The molecule has 0 saturated carbocycles. The molecule has 5 nitrogen and oxygen atoms in total. The number of nitrogens with one attached hydrogen (secondary N) is 1. The van der Waals surface area contributed by atoms with Crippen LogP contribution in [0.25, 0.3) is 0 Å². The molecule has 1 aliphatic rings. The smallest absolute Gasteiger partial charge is 0.355 e. The Hall–Kier alpha value is -1.80. The summed E-state index contributed by atoms with van der Waals surface area (Å²) in [6.07, 6.45) is -4.30. The number of piperazine rings is 1. The number of rotatable bonds is 4. The van der Waals surface area contributed by atoms with Gasteiger partial charge in [0.15, 0.2) is 5.96 Å². The largest absolute Gasteiger partial charge is 0.416 e. The predicted molar refractivity (Wildman–Crippen MR) is 98.2 cm³/mol. The SMILES string of the molecule is CN=C(NCC1CN(C)CCN1C)N(C)Cc1ccc(C(F)(F)F)cc1. The molecule has 8 heteroatoms. The normalized spacial score (nSPS) is 20.3. The van der Waals surface area contributed by atoms with E-state index in [1.54, 1.807) is 7.05 Å². The van der Waals surface area contributed by atoms with E-state index in [2.05, 4.69) is 34.2 Å². The number of hydrogen-bond donors (Lipinski definition) is 1. The Morgan fingerprint density at radius 3 is 2.46 bits per heavy atom. The summed E-state index contributed by atoms with van der Waals surface area (Å²) in [4.78, 5) is 10.8. The van der Waals surface area contributed by atoms with Crippen molar-refractivity contribution in [1.29, 1.82) is 0 Å². The summed E-state index contributed by atoms with van der Waals surface area (Å²) < 4.78 is 38.0. The zero-order chi connectivity index (χ0) is 19.3. The van der Waals surface area contributed by atoms with Gasteiger partial charge in [-0.05, 0) is 31.8 Å². The van der Waals surface area contributed by atoms with Crippen LogP contribution < -0.4 is 5.32 Å². The van der Waals surface area contributed by atoms with E-state index in [-0.39, 0.29) is 0 Å². The maximum Gasteiger partial charge on any atom is 0.416 e. The maximum absolute atomic E-state index is 12.7. The number of likely N-dealkylation sites (N-methyl/N-ethyl adjacent to an activating group) is 2.